The molecule has 1 aromatic heterocycles. The minimum Gasteiger partial charge on any atom is -0.494 e. The molecule has 0 aliphatic rings. The van der Waals surface area contributed by atoms with E-state index in [1.165, 1.54) is 19.2 Å². The summed E-state index contributed by atoms with van der Waals surface area (Å²) in [6.45, 7) is 0. The van der Waals surface area contributed by atoms with Crippen molar-refractivity contribution in [2.75, 3.05) is 17.1 Å². The van der Waals surface area contributed by atoms with Gasteiger partial charge in [0.15, 0.2) is 16.8 Å². The van der Waals surface area contributed by atoms with Gasteiger partial charge >= 0.3 is 0 Å². The Kier molecular flexibility index (Phi) is 5.76. The molecule has 164 valence electrons. The number of hydrogen-bond donors (Lipinski definition) is 2. The fraction of sp³-hybridized carbons (Fsp3) is 0.0476. The zero-order chi connectivity index (χ0) is 22.9. The van der Waals surface area contributed by atoms with Gasteiger partial charge in [0.25, 0.3) is 15.9 Å². The van der Waals surface area contributed by atoms with Gasteiger partial charge in [-0.05, 0) is 36.4 Å². The predicted molar refractivity (Wildman–Crippen MR) is 118 cm³/mol. The minimum atomic E-state index is -4.19. The van der Waals surface area contributed by atoms with E-state index in [0.29, 0.717) is 27.0 Å². The van der Waals surface area contributed by atoms with E-state index >= 15 is 0 Å². The second-order valence-electron chi connectivity index (χ2n) is 6.55. The molecule has 0 aliphatic heterocycles. The Morgan fingerprint density at radius 1 is 1.03 bits per heavy atom. The van der Waals surface area contributed by atoms with Gasteiger partial charge in [-0.25, -0.2) is 22.2 Å². The van der Waals surface area contributed by atoms with Gasteiger partial charge in [-0.15, -0.1) is 0 Å². The number of thiazole rings is 1. The fourth-order valence-corrected chi connectivity index (χ4v) is 4.85. The minimum absolute atomic E-state index is 0.128. The molecule has 4 rings (SSSR count). The van der Waals surface area contributed by atoms with Crippen LogP contribution in [0.25, 0.3) is 10.2 Å². The summed E-state index contributed by atoms with van der Waals surface area (Å²) in [6, 6.07) is 13.8. The highest BCUT2D eigenvalue weighted by Gasteiger charge is 2.19. The lowest BCUT2D eigenvalue weighted by atomic mass is 10.2. The number of carbonyl (C=O) groups excluding carboxylic acids is 1. The second kappa shape index (κ2) is 8.52. The summed E-state index contributed by atoms with van der Waals surface area (Å²) in [6.07, 6.45) is 0. The monoisotopic (exact) mass is 475 g/mol. The number of amides is 1. The van der Waals surface area contributed by atoms with Crippen LogP contribution in [0.5, 0.6) is 5.75 Å². The van der Waals surface area contributed by atoms with Crippen molar-refractivity contribution >= 4 is 48.3 Å². The number of hydrogen-bond acceptors (Lipinski definition) is 6. The first kappa shape index (κ1) is 21.7. The number of fused-ring (bicyclic) bond motifs is 1. The van der Waals surface area contributed by atoms with Crippen LogP contribution in [0.4, 0.5) is 19.6 Å². The molecular weight excluding hydrogens is 460 g/mol. The molecular formula is C21H15F2N3O4S2. The smallest absolute Gasteiger partial charge is 0.262 e. The maximum absolute atomic E-state index is 13.5. The van der Waals surface area contributed by atoms with E-state index in [-0.39, 0.29) is 17.3 Å². The van der Waals surface area contributed by atoms with Crippen LogP contribution in [0.15, 0.2) is 65.6 Å². The maximum Gasteiger partial charge on any atom is 0.262 e. The van der Waals surface area contributed by atoms with Gasteiger partial charge in [0.05, 0.1) is 22.4 Å². The number of sulfonamides is 1. The number of carbonyl (C=O) groups is 1. The molecule has 3 aromatic carbocycles. The van der Waals surface area contributed by atoms with E-state index in [1.54, 1.807) is 30.3 Å². The summed E-state index contributed by atoms with van der Waals surface area (Å²) in [5.74, 6) is -2.51. The summed E-state index contributed by atoms with van der Waals surface area (Å²) in [5.41, 5.74) is 1.01. The quantitative estimate of drug-likeness (QED) is 0.424. The Morgan fingerprint density at radius 2 is 1.78 bits per heavy atom. The maximum atomic E-state index is 13.5. The van der Waals surface area contributed by atoms with Crippen LogP contribution in [-0.2, 0) is 10.0 Å². The van der Waals surface area contributed by atoms with Crippen molar-refractivity contribution in [2.45, 2.75) is 4.90 Å². The Balaban J connectivity index is 1.65. The Labute approximate surface area is 185 Å². The van der Waals surface area contributed by atoms with E-state index in [4.69, 9.17) is 4.74 Å². The standard InChI is InChI=1S/C21H15F2N3O4S2/c1-30-17-9-13(26-32(28,29)14-7-8-15(22)16(23)11-14)10-18-19(17)24-21(31-18)25-20(27)12-5-3-2-4-6-12/h2-11,26H,1H3,(H,24,25,27). The number of ether oxygens (including phenoxy) is 1. The lowest BCUT2D eigenvalue weighted by Crippen LogP contribution is -2.13. The number of nitrogens with zero attached hydrogens (tertiary/aromatic N) is 1. The Hall–Kier alpha value is -3.57. The van der Waals surface area contributed by atoms with Crippen LogP contribution in [0.3, 0.4) is 0 Å². The van der Waals surface area contributed by atoms with Crippen LogP contribution in [0, 0.1) is 11.6 Å². The lowest BCUT2D eigenvalue weighted by molar-refractivity contribution is 0.102. The van der Waals surface area contributed by atoms with Crippen molar-refractivity contribution in [3.8, 4) is 5.75 Å². The van der Waals surface area contributed by atoms with Crippen LogP contribution in [0.1, 0.15) is 10.4 Å². The van der Waals surface area contributed by atoms with Gasteiger partial charge in [-0.2, -0.15) is 0 Å². The highest BCUT2D eigenvalue weighted by Crippen LogP contribution is 2.36. The van der Waals surface area contributed by atoms with Gasteiger partial charge < -0.3 is 4.74 Å². The van der Waals surface area contributed by atoms with Gasteiger partial charge in [-0.1, -0.05) is 29.5 Å². The summed E-state index contributed by atoms with van der Waals surface area (Å²) in [7, 11) is -2.80. The summed E-state index contributed by atoms with van der Waals surface area (Å²) in [5, 5.41) is 3.00. The molecule has 1 amide bonds. The number of anilines is 2. The van der Waals surface area contributed by atoms with Crippen molar-refractivity contribution in [3.05, 3.63) is 77.9 Å². The largest absolute Gasteiger partial charge is 0.494 e. The van der Waals surface area contributed by atoms with Crippen LogP contribution >= 0.6 is 11.3 Å². The lowest BCUT2D eigenvalue weighted by Gasteiger charge is -2.10. The number of halogens is 2. The molecule has 0 saturated heterocycles. The van der Waals surface area contributed by atoms with Gasteiger partial charge in [0, 0.05) is 11.6 Å². The molecule has 0 radical (unpaired) electrons. The average Bonchev–Trinajstić information content (AvgIpc) is 3.17. The average molecular weight is 475 g/mol. The molecule has 11 heteroatoms. The van der Waals surface area contributed by atoms with Gasteiger partial charge in [-0.3, -0.25) is 14.8 Å². The van der Waals surface area contributed by atoms with Crippen molar-refractivity contribution in [1.82, 2.24) is 4.98 Å². The van der Waals surface area contributed by atoms with Crippen molar-refractivity contribution in [3.63, 3.8) is 0 Å². The third-order valence-electron chi connectivity index (χ3n) is 4.39. The van der Waals surface area contributed by atoms with Gasteiger partial charge in [0.1, 0.15) is 11.3 Å². The first-order valence-corrected chi connectivity index (χ1v) is 11.4. The number of benzene rings is 3. The third-order valence-corrected chi connectivity index (χ3v) is 6.69. The molecule has 32 heavy (non-hydrogen) atoms. The molecule has 4 aromatic rings. The zero-order valence-corrected chi connectivity index (χ0v) is 18.1. The highest BCUT2D eigenvalue weighted by molar-refractivity contribution is 7.92. The van der Waals surface area contributed by atoms with Crippen LogP contribution < -0.4 is 14.8 Å². The molecule has 1 heterocycles. The van der Waals surface area contributed by atoms with E-state index in [9.17, 15) is 22.0 Å². The van der Waals surface area contributed by atoms with E-state index in [0.717, 1.165) is 23.5 Å². The molecule has 0 atom stereocenters. The van der Waals surface area contributed by atoms with Crippen LogP contribution in [0.2, 0.25) is 0 Å². The second-order valence-corrected chi connectivity index (χ2v) is 9.26. The number of nitrogens with one attached hydrogen (secondary N) is 2. The highest BCUT2D eigenvalue weighted by atomic mass is 32.2. The summed E-state index contributed by atoms with van der Waals surface area (Å²) >= 11 is 1.12. The third kappa shape index (κ3) is 4.39. The SMILES string of the molecule is COc1cc(NS(=O)(=O)c2ccc(F)c(F)c2)cc2sc(NC(=O)c3ccccc3)nc12. The zero-order valence-electron chi connectivity index (χ0n) is 16.4. The topological polar surface area (TPSA) is 97.4 Å². The normalized spacial score (nSPS) is 11.3. The van der Waals surface area contributed by atoms with E-state index in [1.807, 2.05) is 0 Å². The Morgan fingerprint density at radius 3 is 2.47 bits per heavy atom. The number of rotatable bonds is 6. The molecule has 7 nitrogen and oxygen atoms in total. The molecule has 0 bridgehead atoms. The number of aromatic nitrogens is 1. The molecule has 0 unspecified atom stereocenters. The predicted octanol–water partition coefficient (Wildman–Crippen LogP) is 4.64. The molecule has 0 aliphatic carbocycles. The van der Waals surface area contributed by atoms with Crippen molar-refractivity contribution < 1.29 is 26.7 Å². The first-order valence-electron chi connectivity index (χ1n) is 9.09. The Bertz CT molecular complexity index is 1420. The van der Waals surface area contributed by atoms with Crippen molar-refractivity contribution in [1.29, 1.82) is 0 Å². The summed E-state index contributed by atoms with van der Waals surface area (Å²) in [4.78, 5) is 16.3. The first-order chi connectivity index (χ1) is 15.3. The fourth-order valence-electron chi connectivity index (χ4n) is 2.88. The van der Waals surface area contributed by atoms with Gasteiger partial charge in [0.2, 0.25) is 0 Å². The summed E-state index contributed by atoms with van der Waals surface area (Å²) < 4.78 is 60.0. The van der Waals surface area contributed by atoms with Crippen LogP contribution in [-0.4, -0.2) is 26.4 Å². The van der Waals surface area contributed by atoms with E-state index < -0.39 is 26.6 Å². The molecule has 0 saturated carbocycles. The molecule has 2 N–H and O–H groups in total. The number of methoxy groups -OCH3 is 1. The van der Waals surface area contributed by atoms with Crippen molar-refractivity contribution in [2.24, 2.45) is 0 Å². The molecule has 0 spiro atoms. The van der Waals surface area contributed by atoms with E-state index in [2.05, 4.69) is 15.0 Å². The molecule has 0 fully saturated rings.